The third kappa shape index (κ3) is 2.91. The van der Waals surface area contributed by atoms with E-state index in [-0.39, 0.29) is 17.9 Å². The topological polar surface area (TPSA) is 32.3 Å². The summed E-state index contributed by atoms with van der Waals surface area (Å²) in [5.74, 6) is 0.329. The Hall–Kier alpha value is -1.35. The molecule has 2 rings (SSSR count). The minimum Gasteiger partial charge on any atom is -0.336 e. The summed E-state index contributed by atoms with van der Waals surface area (Å²) in [5.41, 5.74) is 1.21. The summed E-state index contributed by atoms with van der Waals surface area (Å²) in [6.07, 6.45) is 1.02. The van der Waals surface area contributed by atoms with Gasteiger partial charge in [-0.05, 0) is 25.5 Å². The lowest BCUT2D eigenvalue weighted by molar-refractivity contribution is -0.137. The van der Waals surface area contributed by atoms with Crippen molar-refractivity contribution in [3.63, 3.8) is 0 Å². The molecule has 18 heavy (non-hydrogen) atoms. The molecule has 2 unspecified atom stereocenters. The predicted octanol–water partition coefficient (Wildman–Crippen LogP) is 2.21. The van der Waals surface area contributed by atoms with Crippen LogP contribution >= 0.6 is 0 Å². The molecule has 1 aliphatic heterocycles. The summed E-state index contributed by atoms with van der Waals surface area (Å²) >= 11 is 0. The molecular formula is C15H22N2O. The molecule has 1 saturated heterocycles. The second kappa shape index (κ2) is 6.01. The van der Waals surface area contributed by atoms with E-state index >= 15 is 0 Å². The molecule has 2 atom stereocenters. The Morgan fingerprint density at radius 2 is 2.06 bits per heavy atom. The van der Waals surface area contributed by atoms with Crippen LogP contribution < -0.4 is 5.32 Å². The lowest BCUT2D eigenvalue weighted by Gasteiger charge is -2.33. The van der Waals surface area contributed by atoms with Crippen molar-refractivity contribution in [2.45, 2.75) is 26.3 Å². The van der Waals surface area contributed by atoms with E-state index in [1.54, 1.807) is 0 Å². The van der Waals surface area contributed by atoms with E-state index in [1.807, 2.05) is 30.0 Å². The van der Waals surface area contributed by atoms with Gasteiger partial charge in [-0.15, -0.1) is 0 Å². The van der Waals surface area contributed by atoms with E-state index in [1.165, 1.54) is 5.56 Å². The number of carbonyl (C=O) groups is 1. The number of hydrogen-bond acceptors (Lipinski definition) is 2. The number of nitrogens with zero attached hydrogens (tertiary/aromatic N) is 1. The molecule has 0 aromatic heterocycles. The zero-order chi connectivity index (χ0) is 13.0. The SMILES string of the molecule is CC1CNCCCN(C(C)c2ccccc2)C1=O. The van der Waals surface area contributed by atoms with Gasteiger partial charge >= 0.3 is 0 Å². The Balaban J connectivity index is 2.16. The smallest absolute Gasteiger partial charge is 0.227 e. The number of nitrogens with one attached hydrogen (secondary N) is 1. The van der Waals surface area contributed by atoms with Crippen LogP contribution in [-0.2, 0) is 4.79 Å². The molecule has 0 radical (unpaired) electrons. The largest absolute Gasteiger partial charge is 0.336 e. The maximum atomic E-state index is 12.4. The quantitative estimate of drug-likeness (QED) is 0.867. The molecule has 0 bridgehead atoms. The second-order valence-corrected chi connectivity index (χ2v) is 5.08. The number of amides is 1. The van der Waals surface area contributed by atoms with Crippen molar-refractivity contribution in [2.75, 3.05) is 19.6 Å². The zero-order valence-electron chi connectivity index (χ0n) is 11.2. The summed E-state index contributed by atoms with van der Waals surface area (Å²) in [5, 5.41) is 3.32. The van der Waals surface area contributed by atoms with Crippen LogP contribution in [0, 0.1) is 5.92 Å². The molecule has 3 heteroatoms. The van der Waals surface area contributed by atoms with Crippen molar-refractivity contribution < 1.29 is 4.79 Å². The molecule has 98 valence electrons. The Kier molecular flexibility index (Phi) is 4.37. The highest BCUT2D eigenvalue weighted by molar-refractivity contribution is 5.79. The number of rotatable bonds is 2. The summed E-state index contributed by atoms with van der Waals surface area (Å²) in [7, 11) is 0. The van der Waals surface area contributed by atoms with Gasteiger partial charge in [0.15, 0.2) is 0 Å². The van der Waals surface area contributed by atoms with Crippen molar-refractivity contribution >= 4 is 5.91 Å². The van der Waals surface area contributed by atoms with Gasteiger partial charge in [-0.1, -0.05) is 37.3 Å². The summed E-state index contributed by atoms with van der Waals surface area (Å²) in [4.78, 5) is 14.4. The molecule has 1 fully saturated rings. The molecule has 1 N–H and O–H groups in total. The highest BCUT2D eigenvalue weighted by Crippen LogP contribution is 2.22. The third-order valence-corrected chi connectivity index (χ3v) is 3.66. The number of hydrogen-bond donors (Lipinski definition) is 1. The number of benzene rings is 1. The summed E-state index contributed by atoms with van der Waals surface area (Å²) < 4.78 is 0. The van der Waals surface area contributed by atoms with Crippen LogP contribution in [0.3, 0.4) is 0 Å². The van der Waals surface area contributed by atoms with Gasteiger partial charge in [-0.2, -0.15) is 0 Å². The van der Waals surface area contributed by atoms with E-state index < -0.39 is 0 Å². The fraction of sp³-hybridized carbons (Fsp3) is 0.533. The van der Waals surface area contributed by atoms with Gasteiger partial charge in [0.1, 0.15) is 0 Å². The summed E-state index contributed by atoms with van der Waals surface area (Å²) in [6, 6.07) is 10.4. The molecule has 0 spiro atoms. The lowest BCUT2D eigenvalue weighted by atomic mass is 10.0. The van der Waals surface area contributed by atoms with E-state index in [2.05, 4.69) is 24.4 Å². The average Bonchev–Trinajstić information content (AvgIpc) is 2.40. The monoisotopic (exact) mass is 246 g/mol. The first kappa shape index (κ1) is 13.1. The molecule has 0 aliphatic carbocycles. The van der Waals surface area contributed by atoms with Crippen molar-refractivity contribution in [3.05, 3.63) is 35.9 Å². The molecule has 1 aromatic carbocycles. The standard InChI is InChI=1S/C15H22N2O/c1-12-11-16-9-6-10-17(15(12)18)13(2)14-7-4-3-5-8-14/h3-5,7-8,12-13,16H,6,9-11H2,1-2H3. The van der Waals surface area contributed by atoms with E-state index in [0.29, 0.717) is 0 Å². The Labute approximate surface area is 109 Å². The molecular weight excluding hydrogens is 224 g/mol. The maximum Gasteiger partial charge on any atom is 0.227 e. The van der Waals surface area contributed by atoms with Crippen molar-refractivity contribution in [3.8, 4) is 0 Å². The van der Waals surface area contributed by atoms with E-state index in [9.17, 15) is 4.79 Å². The minimum atomic E-state index is 0.0662. The van der Waals surface area contributed by atoms with Crippen molar-refractivity contribution in [1.82, 2.24) is 10.2 Å². The highest BCUT2D eigenvalue weighted by Gasteiger charge is 2.26. The van der Waals surface area contributed by atoms with Crippen LogP contribution in [0.5, 0.6) is 0 Å². The molecule has 1 aromatic rings. The van der Waals surface area contributed by atoms with Crippen LogP contribution in [0.4, 0.5) is 0 Å². The molecule has 1 heterocycles. The normalized spacial score (nSPS) is 23.3. The second-order valence-electron chi connectivity index (χ2n) is 5.08. The van der Waals surface area contributed by atoms with Crippen molar-refractivity contribution in [1.29, 1.82) is 0 Å². The molecule has 1 aliphatic rings. The Bertz CT molecular complexity index is 391. The van der Waals surface area contributed by atoms with Crippen molar-refractivity contribution in [2.24, 2.45) is 5.92 Å². The fourth-order valence-electron chi connectivity index (χ4n) is 2.47. The molecule has 0 saturated carbocycles. The third-order valence-electron chi connectivity index (χ3n) is 3.66. The lowest BCUT2D eigenvalue weighted by Crippen LogP contribution is -2.44. The van der Waals surface area contributed by atoms with Gasteiger partial charge in [0.25, 0.3) is 0 Å². The number of carbonyl (C=O) groups excluding carboxylic acids is 1. The van der Waals surface area contributed by atoms with Gasteiger partial charge < -0.3 is 10.2 Å². The first-order chi connectivity index (χ1) is 8.70. The van der Waals surface area contributed by atoms with Crippen LogP contribution in [-0.4, -0.2) is 30.4 Å². The first-order valence-electron chi connectivity index (χ1n) is 6.76. The van der Waals surface area contributed by atoms with E-state index in [4.69, 9.17) is 0 Å². The fourth-order valence-corrected chi connectivity index (χ4v) is 2.47. The maximum absolute atomic E-state index is 12.4. The first-order valence-corrected chi connectivity index (χ1v) is 6.76. The van der Waals surface area contributed by atoms with Gasteiger partial charge in [-0.3, -0.25) is 4.79 Å². The minimum absolute atomic E-state index is 0.0662. The van der Waals surface area contributed by atoms with Gasteiger partial charge in [0, 0.05) is 19.0 Å². The van der Waals surface area contributed by atoms with Gasteiger partial charge in [0.2, 0.25) is 5.91 Å². The molecule has 3 nitrogen and oxygen atoms in total. The van der Waals surface area contributed by atoms with E-state index in [0.717, 1.165) is 26.1 Å². The Morgan fingerprint density at radius 3 is 2.78 bits per heavy atom. The summed E-state index contributed by atoms with van der Waals surface area (Å²) in [6.45, 7) is 6.75. The van der Waals surface area contributed by atoms with Crippen LogP contribution in [0.15, 0.2) is 30.3 Å². The predicted molar refractivity (Wildman–Crippen MR) is 73.2 cm³/mol. The van der Waals surface area contributed by atoms with Gasteiger partial charge in [0.05, 0.1) is 6.04 Å². The zero-order valence-corrected chi connectivity index (χ0v) is 11.2. The average molecular weight is 246 g/mol. The van der Waals surface area contributed by atoms with Gasteiger partial charge in [-0.25, -0.2) is 0 Å². The van der Waals surface area contributed by atoms with Crippen LogP contribution in [0.2, 0.25) is 0 Å². The van der Waals surface area contributed by atoms with Crippen LogP contribution in [0.1, 0.15) is 31.9 Å². The van der Waals surface area contributed by atoms with Crippen LogP contribution in [0.25, 0.3) is 0 Å². The highest BCUT2D eigenvalue weighted by atomic mass is 16.2. The Morgan fingerprint density at radius 1 is 1.33 bits per heavy atom. The molecule has 1 amide bonds.